The van der Waals surface area contributed by atoms with E-state index < -0.39 is 11.9 Å². The number of nitrogens with zero attached hydrogens (tertiary/aromatic N) is 1. The number of aromatic nitrogens is 2. The molecule has 0 amide bonds. The van der Waals surface area contributed by atoms with Crippen molar-refractivity contribution < 1.29 is 9.50 Å². The zero-order valence-corrected chi connectivity index (χ0v) is 11.3. The number of aliphatic hydroxyl groups is 1. The van der Waals surface area contributed by atoms with Crippen LogP contribution < -0.4 is 5.56 Å². The highest BCUT2D eigenvalue weighted by Crippen LogP contribution is 2.28. The SMILES string of the molecule is Cc1cc(=O)[nH]c(Sc2ccc([C@@H](C)O)cc2F)n1. The Hall–Kier alpha value is -1.66. The van der Waals surface area contributed by atoms with Crippen LogP contribution in [0, 0.1) is 12.7 Å². The normalized spacial score (nSPS) is 12.4. The predicted octanol–water partition coefficient (Wildman–Crippen LogP) is 2.42. The van der Waals surface area contributed by atoms with E-state index in [1.54, 1.807) is 26.0 Å². The van der Waals surface area contributed by atoms with Crippen LogP contribution in [0.2, 0.25) is 0 Å². The maximum absolute atomic E-state index is 13.8. The molecule has 0 unspecified atom stereocenters. The van der Waals surface area contributed by atoms with Gasteiger partial charge in [0.1, 0.15) is 5.82 Å². The molecule has 4 nitrogen and oxygen atoms in total. The summed E-state index contributed by atoms with van der Waals surface area (Å²) in [5, 5.41) is 9.71. The molecular weight excluding hydrogens is 267 g/mol. The fourth-order valence-electron chi connectivity index (χ4n) is 1.56. The first kappa shape index (κ1) is 13.8. The van der Waals surface area contributed by atoms with Crippen LogP contribution in [0.1, 0.15) is 24.3 Å². The van der Waals surface area contributed by atoms with Gasteiger partial charge in [-0.05, 0) is 43.3 Å². The Kier molecular flexibility index (Phi) is 4.01. The van der Waals surface area contributed by atoms with Crippen molar-refractivity contribution in [3.8, 4) is 0 Å². The van der Waals surface area contributed by atoms with Crippen molar-refractivity contribution in [3.05, 3.63) is 51.7 Å². The van der Waals surface area contributed by atoms with Crippen molar-refractivity contribution in [2.75, 3.05) is 0 Å². The number of aryl methyl sites for hydroxylation is 1. The van der Waals surface area contributed by atoms with Gasteiger partial charge < -0.3 is 10.1 Å². The van der Waals surface area contributed by atoms with E-state index in [-0.39, 0.29) is 5.56 Å². The topological polar surface area (TPSA) is 66.0 Å². The van der Waals surface area contributed by atoms with Gasteiger partial charge in [-0.15, -0.1) is 0 Å². The summed E-state index contributed by atoms with van der Waals surface area (Å²) in [5.74, 6) is -0.451. The Labute approximate surface area is 113 Å². The molecule has 6 heteroatoms. The van der Waals surface area contributed by atoms with Gasteiger partial charge in [-0.2, -0.15) is 0 Å². The number of H-pyrrole nitrogens is 1. The molecule has 1 heterocycles. The molecule has 0 saturated heterocycles. The number of halogens is 1. The van der Waals surface area contributed by atoms with Gasteiger partial charge in [0.25, 0.3) is 5.56 Å². The molecule has 2 rings (SSSR count). The molecule has 0 aliphatic carbocycles. The molecule has 0 fully saturated rings. The maximum Gasteiger partial charge on any atom is 0.251 e. The van der Waals surface area contributed by atoms with Crippen molar-refractivity contribution in [2.45, 2.75) is 30.0 Å². The lowest BCUT2D eigenvalue weighted by Gasteiger charge is -2.07. The number of hydrogen-bond acceptors (Lipinski definition) is 4. The molecular formula is C13H13FN2O2S. The van der Waals surface area contributed by atoms with Crippen LogP contribution in [0.25, 0.3) is 0 Å². The monoisotopic (exact) mass is 280 g/mol. The van der Waals surface area contributed by atoms with Crippen LogP contribution >= 0.6 is 11.8 Å². The van der Waals surface area contributed by atoms with E-state index >= 15 is 0 Å². The number of benzene rings is 1. The van der Waals surface area contributed by atoms with E-state index in [2.05, 4.69) is 9.97 Å². The molecule has 0 spiro atoms. The van der Waals surface area contributed by atoms with Crippen LogP contribution in [0.4, 0.5) is 4.39 Å². The predicted molar refractivity (Wildman–Crippen MR) is 70.8 cm³/mol. The zero-order chi connectivity index (χ0) is 14.0. The van der Waals surface area contributed by atoms with Gasteiger partial charge in [0.15, 0.2) is 5.16 Å². The van der Waals surface area contributed by atoms with E-state index in [9.17, 15) is 14.3 Å². The fraction of sp³-hybridized carbons (Fsp3) is 0.231. The van der Waals surface area contributed by atoms with Crippen LogP contribution in [0.3, 0.4) is 0 Å². The van der Waals surface area contributed by atoms with E-state index in [1.807, 2.05) is 0 Å². The van der Waals surface area contributed by atoms with E-state index in [1.165, 1.54) is 12.1 Å². The third-order valence-electron chi connectivity index (χ3n) is 2.49. The Balaban J connectivity index is 2.30. The van der Waals surface area contributed by atoms with E-state index in [4.69, 9.17) is 0 Å². The minimum atomic E-state index is -0.717. The highest BCUT2D eigenvalue weighted by atomic mass is 32.2. The molecule has 0 aliphatic heterocycles. The Morgan fingerprint density at radius 3 is 2.74 bits per heavy atom. The van der Waals surface area contributed by atoms with Gasteiger partial charge in [-0.3, -0.25) is 4.79 Å². The Morgan fingerprint density at radius 2 is 2.16 bits per heavy atom. The number of hydrogen-bond donors (Lipinski definition) is 2. The first-order valence-corrected chi connectivity index (χ1v) is 6.50. The number of aromatic amines is 1. The lowest BCUT2D eigenvalue weighted by molar-refractivity contribution is 0.198. The summed E-state index contributed by atoms with van der Waals surface area (Å²) in [6.07, 6.45) is -0.717. The third kappa shape index (κ3) is 3.42. The molecule has 0 saturated carbocycles. The van der Waals surface area contributed by atoms with Crippen molar-refractivity contribution in [1.29, 1.82) is 0 Å². The molecule has 19 heavy (non-hydrogen) atoms. The quantitative estimate of drug-likeness (QED) is 0.847. The largest absolute Gasteiger partial charge is 0.389 e. The van der Waals surface area contributed by atoms with Crippen LogP contribution in [0.5, 0.6) is 0 Å². The fourth-order valence-corrected chi connectivity index (χ4v) is 2.41. The number of nitrogens with one attached hydrogen (secondary N) is 1. The van der Waals surface area contributed by atoms with Gasteiger partial charge in [0.05, 0.1) is 11.0 Å². The van der Waals surface area contributed by atoms with Gasteiger partial charge in [0.2, 0.25) is 0 Å². The standard InChI is InChI=1S/C13H13FN2O2S/c1-7-5-12(18)16-13(15-7)19-11-4-3-9(8(2)17)6-10(11)14/h3-6,8,17H,1-2H3,(H,15,16,18)/t8-/m1/s1. The van der Waals surface area contributed by atoms with Crippen molar-refractivity contribution in [3.63, 3.8) is 0 Å². The minimum Gasteiger partial charge on any atom is -0.389 e. The van der Waals surface area contributed by atoms with Crippen LogP contribution in [0.15, 0.2) is 39.1 Å². The molecule has 2 aromatic rings. The van der Waals surface area contributed by atoms with Crippen molar-refractivity contribution >= 4 is 11.8 Å². The summed E-state index contributed by atoms with van der Waals surface area (Å²) >= 11 is 1.04. The Morgan fingerprint density at radius 1 is 1.42 bits per heavy atom. The number of aliphatic hydroxyl groups excluding tert-OH is 1. The summed E-state index contributed by atoms with van der Waals surface area (Å²) in [5.41, 5.74) is 0.816. The lowest BCUT2D eigenvalue weighted by atomic mass is 10.1. The highest BCUT2D eigenvalue weighted by Gasteiger charge is 2.09. The summed E-state index contributed by atoms with van der Waals surface area (Å²) in [7, 11) is 0. The summed E-state index contributed by atoms with van der Waals surface area (Å²) in [4.78, 5) is 18.3. The Bertz CT molecular complexity index is 655. The molecule has 2 N–H and O–H groups in total. The second-order valence-corrected chi connectivity index (χ2v) is 5.19. The van der Waals surface area contributed by atoms with Gasteiger partial charge >= 0.3 is 0 Å². The summed E-state index contributed by atoms with van der Waals surface area (Å²) < 4.78 is 13.8. The van der Waals surface area contributed by atoms with Crippen molar-refractivity contribution in [1.82, 2.24) is 9.97 Å². The first-order valence-electron chi connectivity index (χ1n) is 5.69. The summed E-state index contributed by atoms with van der Waals surface area (Å²) in [6.45, 7) is 3.27. The molecule has 1 atom stereocenters. The molecule has 100 valence electrons. The molecule has 0 bridgehead atoms. The lowest BCUT2D eigenvalue weighted by Crippen LogP contribution is -2.08. The molecule has 0 radical (unpaired) electrons. The second-order valence-electron chi connectivity index (χ2n) is 4.16. The van der Waals surface area contributed by atoms with Crippen LogP contribution in [-0.4, -0.2) is 15.1 Å². The maximum atomic E-state index is 13.8. The van der Waals surface area contributed by atoms with E-state index in [0.29, 0.717) is 21.3 Å². The average Bonchev–Trinajstić information content (AvgIpc) is 2.30. The first-order chi connectivity index (χ1) is 8.95. The highest BCUT2D eigenvalue weighted by molar-refractivity contribution is 7.99. The molecule has 1 aromatic heterocycles. The average molecular weight is 280 g/mol. The molecule has 1 aromatic carbocycles. The zero-order valence-electron chi connectivity index (χ0n) is 10.5. The summed E-state index contributed by atoms with van der Waals surface area (Å²) in [6, 6.07) is 5.85. The van der Waals surface area contributed by atoms with E-state index in [0.717, 1.165) is 11.8 Å². The third-order valence-corrected chi connectivity index (χ3v) is 3.43. The smallest absolute Gasteiger partial charge is 0.251 e. The van der Waals surface area contributed by atoms with Gasteiger partial charge in [-0.25, -0.2) is 9.37 Å². The van der Waals surface area contributed by atoms with Gasteiger partial charge in [-0.1, -0.05) is 6.07 Å². The number of rotatable bonds is 3. The van der Waals surface area contributed by atoms with Gasteiger partial charge in [0, 0.05) is 11.8 Å². The van der Waals surface area contributed by atoms with Crippen molar-refractivity contribution in [2.24, 2.45) is 0 Å². The van der Waals surface area contributed by atoms with Crippen LogP contribution in [-0.2, 0) is 0 Å². The minimum absolute atomic E-state index is 0.268. The molecule has 0 aliphatic rings. The second kappa shape index (κ2) is 5.54.